The Morgan fingerprint density at radius 3 is 2.00 bits per heavy atom. The molecule has 0 aliphatic rings. The summed E-state index contributed by atoms with van der Waals surface area (Å²) in [6.07, 6.45) is 14.0. The Morgan fingerprint density at radius 1 is 0.828 bits per heavy atom. The van der Waals surface area contributed by atoms with Crippen LogP contribution in [0.5, 0.6) is 0 Å². The maximum absolute atomic E-state index is 11.5. The molecule has 0 rings (SSSR count). The maximum Gasteiger partial charge on any atom is 0.472 e. The van der Waals surface area contributed by atoms with Crippen LogP contribution in [0.15, 0.2) is 12.2 Å². The summed E-state index contributed by atoms with van der Waals surface area (Å²) in [6, 6.07) is 0. The largest absolute Gasteiger partial charge is 0.472 e. The van der Waals surface area contributed by atoms with Crippen molar-refractivity contribution in [3.8, 4) is 0 Å². The van der Waals surface area contributed by atoms with Gasteiger partial charge in [0.2, 0.25) is 0 Å². The van der Waals surface area contributed by atoms with Crippen molar-refractivity contribution >= 4 is 7.82 Å². The zero-order chi connectivity index (χ0) is 21.8. The van der Waals surface area contributed by atoms with Crippen LogP contribution in [0.2, 0.25) is 0 Å². The quantitative estimate of drug-likeness (QED) is 0.122. The summed E-state index contributed by atoms with van der Waals surface area (Å²) in [4.78, 5) is 9.36. The van der Waals surface area contributed by atoms with Crippen LogP contribution in [0.4, 0.5) is 0 Å². The molecule has 3 atom stereocenters. The standard InChI is InChI=1S/C20H41O8P/c1-2-3-4-5-6-7-8-9-10-11-12-13-14-26-16-20(23)18-28-29(24,25)27-17-19(22)15-21/h5-6,19-23H,2-4,7-18H2,1H3,(H,24,25)/b6-5-. The molecule has 0 aromatic rings. The molecule has 29 heavy (non-hydrogen) atoms. The molecule has 9 heteroatoms. The van der Waals surface area contributed by atoms with E-state index in [1.165, 1.54) is 51.4 Å². The first kappa shape index (κ1) is 28.7. The van der Waals surface area contributed by atoms with Crippen molar-refractivity contribution in [3.05, 3.63) is 12.2 Å². The zero-order valence-corrected chi connectivity index (χ0v) is 18.7. The van der Waals surface area contributed by atoms with E-state index in [9.17, 15) is 14.6 Å². The van der Waals surface area contributed by atoms with Crippen LogP contribution in [0.25, 0.3) is 0 Å². The van der Waals surface area contributed by atoms with Gasteiger partial charge in [-0.05, 0) is 25.7 Å². The Labute approximate surface area is 175 Å². The lowest BCUT2D eigenvalue weighted by Crippen LogP contribution is -2.23. The van der Waals surface area contributed by atoms with Crippen molar-refractivity contribution in [1.82, 2.24) is 0 Å². The first-order valence-electron chi connectivity index (χ1n) is 10.7. The van der Waals surface area contributed by atoms with Crippen LogP contribution in [0, 0.1) is 0 Å². The third-order valence-corrected chi connectivity index (χ3v) is 5.13. The van der Waals surface area contributed by atoms with Gasteiger partial charge in [0.05, 0.1) is 26.4 Å². The fourth-order valence-corrected chi connectivity index (χ4v) is 3.24. The van der Waals surface area contributed by atoms with E-state index in [4.69, 9.17) is 14.9 Å². The Morgan fingerprint density at radius 2 is 1.38 bits per heavy atom. The second-order valence-corrected chi connectivity index (χ2v) is 8.60. The highest BCUT2D eigenvalue weighted by atomic mass is 31.2. The molecule has 4 N–H and O–H groups in total. The number of aliphatic hydroxyl groups is 3. The van der Waals surface area contributed by atoms with Crippen LogP contribution in [0.3, 0.4) is 0 Å². The van der Waals surface area contributed by atoms with Crippen molar-refractivity contribution in [1.29, 1.82) is 0 Å². The number of phosphoric ester groups is 1. The topological polar surface area (TPSA) is 126 Å². The van der Waals surface area contributed by atoms with Crippen LogP contribution in [-0.4, -0.2) is 65.5 Å². The Bertz CT molecular complexity index is 433. The summed E-state index contributed by atoms with van der Waals surface area (Å²) in [5.74, 6) is 0. The fraction of sp³-hybridized carbons (Fsp3) is 0.900. The van der Waals surface area contributed by atoms with E-state index in [1.54, 1.807) is 0 Å². The minimum atomic E-state index is -4.38. The average molecular weight is 441 g/mol. The molecule has 0 bridgehead atoms. The number of hydrogen-bond donors (Lipinski definition) is 4. The van der Waals surface area contributed by atoms with E-state index < -0.39 is 39.9 Å². The first-order chi connectivity index (χ1) is 13.9. The summed E-state index contributed by atoms with van der Waals surface area (Å²) in [6.45, 7) is 1.18. The first-order valence-corrected chi connectivity index (χ1v) is 12.2. The number of ether oxygens (including phenoxy) is 1. The lowest BCUT2D eigenvalue weighted by atomic mass is 10.1. The molecular formula is C20H41O8P. The van der Waals surface area contributed by atoms with Crippen molar-refractivity contribution in [2.75, 3.05) is 33.0 Å². The molecule has 3 unspecified atom stereocenters. The van der Waals surface area contributed by atoms with Gasteiger partial charge in [-0.1, -0.05) is 57.6 Å². The Hall–Kier alpha value is -0.310. The van der Waals surface area contributed by atoms with Crippen LogP contribution < -0.4 is 0 Å². The molecule has 0 aliphatic heterocycles. The summed E-state index contributed by atoms with van der Waals surface area (Å²) in [5, 5.41) is 27.4. The van der Waals surface area contributed by atoms with E-state index in [2.05, 4.69) is 28.1 Å². The monoisotopic (exact) mass is 440 g/mol. The third kappa shape index (κ3) is 20.7. The number of phosphoric acid groups is 1. The van der Waals surface area contributed by atoms with E-state index >= 15 is 0 Å². The highest BCUT2D eigenvalue weighted by Crippen LogP contribution is 2.43. The van der Waals surface area contributed by atoms with Gasteiger partial charge in [0, 0.05) is 6.61 Å². The summed E-state index contributed by atoms with van der Waals surface area (Å²) in [7, 11) is -4.38. The van der Waals surface area contributed by atoms with Gasteiger partial charge in [-0.2, -0.15) is 0 Å². The molecule has 174 valence electrons. The molecule has 0 saturated carbocycles. The number of aliphatic hydroxyl groups excluding tert-OH is 3. The van der Waals surface area contributed by atoms with Crippen molar-refractivity contribution in [2.24, 2.45) is 0 Å². The van der Waals surface area contributed by atoms with Crippen LogP contribution >= 0.6 is 7.82 Å². The fourth-order valence-electron chi connectivity index (χ4n) is 2.45. The second kappa shape index (κ2) is 19.6. The van der Waals surface area contributed by atoms with Gasteiger partial charge in [0.15, 0.2) is 0 Å². The molecule has 0 heterocycles. The SMILES string of the molecule is CCCC/C=C\CCCCCCCCOCC(O)COP(=O)(O)OCC(O)CO. The molecule has 0 spiro atoms. The van der Waals surface area contributed by atoms with Crippen LogP contribution in [0.1, 0.15) is 71.1 Å². The number of unbranched alkanes of at least 4 members (excludes halogenated alkanes) is 8. The van der Waals surface area contributed by atoms with Gasteiger partial charge in [-0.25, -0.2) is 4.57 Å². The Kier molecular flexibility index (Phi) is 19.4. The molecular weight excluding hydrogens is 399 g/mol. The van der Waals surface area contributed by atoms with Gasteiger partial charge in [0.25, 0.3) is 0 Å². The number of rotatable bonds is 21. The number of allylic oxidation sites excluding steroid dienone is 2. The lowest BCUT2D eigenvalue weighted by molar-refractivity contribution is -0.00437. The summed E-state index contributed by atoms with van der Waals surface area (Å²) >= 11 is 0. The highest BCUT2D eigenvalue weighted by Gasteiger charge is 2.24. The third-order valence-electron chi connectivity index (χ3n) is 4.18. The van der Waals surface area contributed by atoms with Gasteiger partial charge in [-0.3, -0.25) is 9.05 Å². The predicted octanol–water partition coefficient (Wildman–Crippen LogP) is 3.33. The average Bonchev–Trinajstić information content (AvgIpc) is 2.71. The van der Waals surface area contributed by atoms with Crippen LogP contribution in [-0.2, 0) is 18.3 Å². The molecule has 0 amide bonds. The van der Waals surface area contributed by atoms with E-state index in [1.807, 2.05) is 0 Å². The molecule has 0 fully saturated rings. The zero-order valence-electron chi connectivity index (χ0n) is 17.8. The van der Waals surface area contributed by atoms with Crippen molar-refractivity contribution in [3.63, 3.8) is 0 Å². The van der Waals surface area contributed by atoms with E-state index in [0.29, 0.717) is 6.61 Å². The smallest absolute Gasteiger partial charge is 0.394 e. The molecule has 0 aromatic heterocycles. The van der Waals surface area contributed by atoms with Gasteiger partial charge in [0.1, 0.15) is 12.2 Å². The minimum Gasteiger partial charge on any atom is -0.394 e. The summed E-state index contributed by atoms with van der Waals surface area (Å²) in [5.41, 5.74) is 0. The lowest BCUT2D eigenvalue weighted by Gasteiger charge is -2.16. The molecule has 0 saturated heterocycles. The van der Waals surface area contributed by atoms with Crippen molar-refractivity contribution < 1.29 is 38.6 Å². The predicted molar refractivity (Wildman–Crippen MR) is 113 cm³/mol. The summed E-state index contributed by atoms with van der Waals surface area (Å²) < 4.78 is 25.9. The van der Waals surface area contributed by atoms with Gasteiger partial charge < -0.3 is 24.9 Å². The van der Waals surface area contributed by atoms with E-state index in [-0.39, 0.29) is 6.61 Å². The van der Waals surface area contributed by atoms with Gasteiger partial charge >= 0.3 is 7.82 Å². The second-order valence-electron chi connectivity index (χ2n) is 7.15. The minimum absolute atomic E-state index is 0.00360. The number of hydrogen-bond acceptors (Lipinski definition) is 7. The molecule has 0 aromatic carbocycles. The molecule has 0 radical (unpaired) electrons. The normalized spacial score (nSPS) is 16.2. The maximum atomic E-state index is 11.5. The van der Waals surface area contributed by atoms with Gasteiger partial charge in [-0.15, -0.1) is 0 Å². The molecule has 8 nitrogen and oxygen atoms in total. The van der Waals surface area contributed by atoms with Crippen molar-refractivity contribution in [2.45, 2.75) is 83.3 Å². The highest BCUT2D eigenvalue weighted by molar-refractivity contribution is 7.47. The Balaban J connectivity index is 3.46. The van der Waals surface area contributed by atoms with E-state index in [0.717, 1.165) is 12.8 Å². The molecule has 0 aliphatic carbocycles.